The van der Waals surface area contributed by atoms with Crippen LogP contribution in [0.1, 0.15) is 24.5 Å². The van der Waals surface area contributed by atoms with Crippen molar-refractivity contribution in [3.63, 3.8) is 0 Å². The first-order chi connectivity index (χ1) is 10.1. The molecule has 0 saturated carbocycles. The number of ether oxygens (including phenoxy) is 1. The number of carbonyl (C=O) groups is 1. The van der Waals surface area contributed by atoms with Crippen molar-refractivity contribution in [2.45, 2.75) is 26.0 Å². The van der Waals surface area contributed by atoms with E-state index in [2.05, 4.69) is 17.9 Å². The third-order valence-corrected chi connectivity index (χ3v) is 4.05. The average molecular weight is 289 g/mol. The van der Waals surface area contributed by atoms with Gasteiger partial charge in [-0.05, 0) is 36.1 Å². The van der Waals surface area contributed by atoms with Crippen LogP contribution in [0.2, 0.25) is 0 Å². The SMILES string of the molecule is COC1CN(Cc2cccc(/C=C/C(=O)O)c2)CCC1C. The molecule has 0 amide bonds. The minimum absolute atomic E-state index is 0.300. The maximum atomic E-state index is 10.6. The van der Waals surface area contributed by atoms with Crippen molar-refractivity contribution >= 4 is 12.0 Å². The van der Waals surface area contributed by atoms with E-state index in [9.17, 15) is 4.79 Å². The van der Waals surface area contributed by atoms with Crippen LogP contribution in [0.15, 0.2) is 30.3 Å². The Labute approximate surface area is 126 Å². The van der Waals surface area contributed by atoms with Gasteiger partial charge in [0.2, 0.25) is 0 Å². The zero-order chi connectivity index (χ0) is 15.2. The van der Waals surface area contributed by atoms with E-state index in [0.29, 0.717) is 12.0 Å². The standard InChI is InChI=1S/C17H23NO3/c1-13-8-9-18(12-16(13)21-2)11-15-5-3-4-14(10-15)6-7-17(19)20/h3-7,10,13,16H,8-9,11-12H2,1-2H3,(H,19,20)/b7-6+. The predicted molar refractivity (Wildman–Crippen MR) is 83.0 cm³/mol. The maximum absolute atomic E-state index is 10.6. The molecule has 0 spiro atoms. The number of likely N-dealkylation sites (tertiary alicyclic amines) is 1. The number of aliphatic carboxylic acids is 1. The lowest BCUT2D eigenvalue weighted by molar-refractivity contribution is -0.131. The third-order valence-electron chi connectivity index (χ3n) is 4.05. The summed E-state index contributed by atoms with van der Waals surface area (Å²) in [6, 6.07) is 8.01. The van der Waals surface area contributed by atoms with Gasteiger partial charge in [-0.3, -0.25) is 4.90 Å². The second-order valence-corrected chi connectivity index (χ2v) is 5.69. The van der Waals surface area contributed by atoms with E-state index in [-0.39, 0.29) is 0 Å². The van der Waals surface area contributed by atoms with Crippen molar-refractivity contribution in [2.75, 3.05) is 20.2 Å². The van der Waals surface area contributed by atoms with E-state index < -0.39 is 5.97 Å². The summed E-state index contributed by atoms with van der Waals surface area (Å²) < 4.78 is 5.54. The molecule has 2 atom stereocenters. The number of rotatable bonds is 5. The summed E-state index contributed by atoms with van der Waals surface area (Å²) in [6.45, 7) is 5.15. The number of hydrogen-bond donors (Lipinski definition) is 1. The van der Waals surface area contributed by atoms with Crippen LogP contribution in [0.3, 0.4) is 0 Å². The summed E-state index contributed by atoms with van der Waals surface area (Å²) in [5, 5.41) is 8.68. The molecule has 0 radical (unpaired) electrons. The van der Waals surface area contributed by atoms with Gasteiger partial charge in [0.1, 0.15) is 0 Å². The molecule has 1 heterocycles. The number of carboxylic acids is 1. The van der Waals surface area contributed by atoms with Gasteiger partial charge in [-0.25, -0.2) is 4.79 Å². The smallest absolute Gasteiger partial charge is 0.328 e. The highest BCUT2D eigenvalue weighted by atomic mass is 16.5. The van der Waals surface area contributed by atoms with Gasteiger partial charge in [-0.15, -0.1) is 0 Å². The Hall–Kier alpha value is -1.65. The molecule has 1 aromatic rings. The summed E-state index contributed by atoms with van der Waals surface area (Å²) in [5.41, 5.74) is 2.12. The lowest BCUT2D eigenvalue weighted by Gasteiger charge is -2.36. The summed E-state index contributed by atoms with van der Waals surface area (Å²) in [5.74, 6) is -0.315. The Morgan fingerprint density at radius 2 is 2.33 bits per heavy atom. The van der Waals surface area contributed by atoms with Gasteiger partial charge in [0.15, 0.2) is 0 Å². The van der Waals surface area contributed by atoms with Crippen LogP contribution < -0.4 is 0 Å². The van der Waals surface area contributed by atoms with Crippen LogP contribution in [0, 0.1) is 5.92 Å². The van der Waals surface area contributed by atoms with E-state index in [1.165, 1.54) is 11.6 Å². The molecule has 1 aliphatic rings. The Balaban J connectivity index is 1.99. The van der Waals surface area contributed by atoms with E-state index in [1.54, 1.807) is 13.2 Å². The topological polar surface area (TPSA) is 49.8 Å². The summed E-state index contributed by atoms with van der Waals surface area (Å²) in [6.07, 6.45) is 4.25. The second-order valence-electron chi connectivity index (χ2n) is 5.69. The molecular formula is C17H23NO3. The van der Waals surface area contributed by atoms with E-state index >= 15 is 0 Å². The highest BCUT2D eigenvalue weighted by Gasteiger charge is 2.25. The third kappa shape index (κ3) is 4.69. The summed E-state index contributed by atoms with van der Waals surface area (Å²) in [7, 11) is 1.78. The molecule has 114 valence electrons. The number of hydrogen-bond acceptors (Lipinski definition) is 3. The Bertz CT molecular complexity index is 513. The van der Waals surface area contributed by atoms with Crippen molar-refractivity contribution in [2.24, 2.45) is 5.92 Å². The van der Waals surface area contributed by atoms with Crippen molar-refractivity contribution in [1.29, 1.82) is 0 Å². The van der Waals surface area contributed by atoms with Gasteiger partial charge in [0.25, 0.3) is 0 Å². The average Bonchev–Trinajstić information content (AvgIpc) is 2.47. The molecule has 1 fully saturated rings. The largest absolute Gasteiger partial charge is 0.478 e. The molecule has 1 aromatic carbocycles. The van der Waals surface area contributed by atoms with Crippen LogP contribution in [-0.4, -0.2) is 42.3 Å². The van der Waals surface area contributed by atoms with Gasteiger partial charge < -0.3 is 9.84 Å². The monoisotopic (exact) mass is 289 g/mol. The highest BCUT2D eigenvalue weighted by Crippen LogP contribution is 2.21. The normalized spacial score (nSPS) is 23.5. The molecule has 0 aromatic heterocycles. The van der Waals surface area contributed by atoms with Crippen molar-refractivity contribution in [1.82, 2.24) is 4.90 Å². The number of piperidine rings is 1. The number of benzene rings is 1. The van der Waals surface area contributed by atoms with Crippen LogP contribution in [0.5, 0.6) is 0 Å². The molecule has 2 rings (SSSR count). The van der Waals surface area contributed by atoms with Crippen LogP contribution >= 0.6 is 0 Å². The zero-order valence-electron chi connectivity index (χ0n) is 12.7. The molecular weight excluding hydrogens is 266 g/mol. The molecule has 1 saturated heterocycles. The van der Waals surface area contributed by atoms with Crippen molar-refractivity contribution in [3.8, 4) is 0 Å². The molecule has 4 heteroatoms. The Kier molecular flexibility index (Phi) is 5.53. The fourth-order valence-electron chi connectivity index (χ4n) is 2.77. The molecule has 0 aliphatic carbocycles. The number of carboxylic acid groups (broad SMARTS) is 1. The van der Waals surface area contributed by atoms with E-state index in [0.717, 1.165) is 31.6 Å². The quantitative estimate of drug-likeness (QED) is 0.847. The second kappa shape index (κ2) is 7.38. The van der Waals surface area contributed by atoms with E-state index in [1.807, 2.05) is 18.2 Å². The van der Waals surface area contributed by atoms with Gasteiger partial charge in [0, 0.05) is 26.3 Å². The first-order valence-corrected chi connectivity index (χ1v) is 7.33. The van der Waals surface area contributed by atoms with Crippen LogP contribution in [-0.2, 0) is 16.1 Å². The molecule has 1 N–H and O–H groups in total. The summed E-state index contributed by atoms with van der Waals surface area (Å²) >= 11 is 0. The van der Waals surface area contributed by atoms with E-state index in [4.69, 9.17) is 9.84 Å². The molecule has 1 aliphatic heterocycles. The molecule has 4 nitrogen and oxygen atoms in total. The molecule has 0 bridgehead atoms. The highest BCUT2D eigenvalue weighted by molar-refractivity contribution is 5.85. The lowest BCUT2D eigenvalue weighted by atomic mass is 9.95. The minimum atomic E-state index is -0.923. The predicted octanol–water partition coefficient (Wildman–Crippen LogP) is 2.64. The first kappa shape index (κ1) is 15.7. The Morgan fingerprint density at radius 1 is 1.52 bits per heavy atom. The van der Waals surface area contributed by atoms with Gasteiger partial charge in [-0.2, -0.15) is 0 Å². The first-order valence-electron chi connectivity index (χ1n) is 7.33. The minimum Gasteiger partial charge on any atom is -0.478 e. The maximum Gasteiger partial charge on any atom is 0.328 e. The molecule has 21 heavy (non-hydrogen) atoms. The fraction of sp³-hybridized carbons (Fsp3) is 0.471. The summed E-state index contributed by atoms with van der Waals surface area (Å²) in [4.78, 5) is 13.0. The van der Waals surface area contributed by atoms with Crippen molar-refractivity contribution in [3.05, 3.63) is 41.5 Å². The lowest BCUT2D eigenvalue weighted by Crippen LogP contribution is -2.43. The van der Waals surface area contributed by atoms with Gasteiger partial charge in [0.05, 0.1) is 6.10 Å². The van der Waals surface area contributed by atoms with Gasteiger partial charge in [-0.1, -0.05) is 31.2 Å². The fourth-order valence-corrected chi connectivity index (χ4v) is 2.77. The molecule has 2 unspecified atom stereocenters. The Morgan fingerprint density at radius 3 is 3.05 bits per heavy atom. The van der Waals surface area contributed by atoms with Crippen LogP contribution in [0.25, 0.3) is 6.08 Å². The van der Waals surface area contributed by atoms with Gasteiger partial charge >= 0.3 is 5.97 Å². The number of methoxy groups -OCH3 is 1. The zero-order valence-corrected chi connectivity index (χ0v) is 12.7. The number of nitrogens with zero attached hydrogens (tertiary/aromatic N) is 1. The van der Waals surface area contributed by atoms with Crippen LogP contribution in [0.4, 0.5) is 0 Å². The van der Waals surface area contributed by atoms with Crippen molar-refractivity contribution < 1.29 is 14.6 Å².